The zero-order valence-electron chi connectivity index (χ0n) is 18.7. The zero-order valence-corrected chi connectivity index (χ0v) is 19.5. The number of benzene rings is 1. The average molecular weight is 515 g/mol. The number of aliphatic carboxylic acids is 1. The van der Waals surface area contributed by atoms with Gasteiger partial charge in [-0.15, -0.1) is 10.1 Å². The summed E-state index contributed by atoms with van der Waals surface area (Å²) in [6.45, 7) is -0.439. The SMILES string of the molecule is COC(=O)[C@H](CSCC(=O)C(=O)OCc1cccc(CO[N+](=O)[O-])c1)NC(=O)NCCCC(=O)O. The Labute approximate surface area is 203 Å². The minimum Gasteiger partial charge on any atom is -0.481 e. The fourth-order valence-corrected chi connectivity index (χ4v) is 3.33. The van der Waals surface area contributed by atoms with Crippen LogP contribution < -0.4 is 10.6 Å². The van der Waals surface area contributed by atoms with E-state index >= 15 is 0 Å². The van der Waals surface area contributed by atoms with Crippen LogP contribution >= 0.6 is 11.8 Å². The number of carboxylic acids is 1. The number of hydrogen-bond donors (Lipinski definition) is 3. The number of urea groups is 1. The Hall–Kier alpha value is -3.88. The molecule has 0 fully saturated rings. The summed E-state index contributed by atoms with van der Waals surface area (Å²) in [4.78, 5) is 72.7. The highest BCUT2D eigenvalue weighted by Gasteiger charge is 2.23. The van der Waals surface area contributed by atoms with Gasteiger partial charge in [0.15, 0.2) is 0 Å². The molecule has 3 N–H and O–H groups in total. The quantitative estimate of drug-likeness (QED) is 0.0903. The van der Waals surface area contributed by atoms with Gasteiger partial charge in [-0.25, -0.2) is 14.4 Å². The summed E-state index contributed by atoms with van der Waals surface area (Å²) in [5, 5.41) is 22.7. The number of carboxylic acid groups (broad SMARTS) is 1. The van der Waals surface area contributed by atoms with Gasteiger partial charge in [0.2, 0.25) is 5.78 Å². The first-order chi connectivity index (χ1) is 16.6. The van der Waals surface area contributed by atoms with Gasteiger partial charge in [0.05, 0.1) is 12.9 Å². The van der Waals surface area contributed by atoms with Crippen molar-refractivity contribution in [3.05, 3.63) is 45.5 Å². The van der Waals surface area contributed by atoms with Crippen molar-refractivity contribution >= 4 is 41.5 Å². The Morgan fingerprint density at radius 2 is 1.86 bits per heavy atom. The summed E-state index contributed by atoms with van der Waals surface area (Å²) in [6, 6.07) is 4.46. The van der Waals surface area contributed by atoms with E-state index < -0.39 is 40.9 Å². The van der Waals surface area contributed by atoms with Gasteiger partial charge in [-0.2, -0.15) is 11.8 Å². The first kappa shape index (κ1) is 29.2. The minimum atomic E-state index is -1.11. The minimum absolute atomic E-state index is 0.0767. The molecule has 0 saturated carbocycles. The Bertz CT molecular complexity index is 925. The molecule has 0 spiro atoms. The van der Waals surface area contributed by atoms with E-state index in [1.807, 2.05) is 0 Å². The zero-order chi connectivity index (χ0) is 26.2. The molecule has 1 rings (SSSR count). The molecule has 1 aromatic carbocycles. The molecular formula is C20H25N3O11S. The van der Waals surface area contributed by atoms with Crippen LogP contribution in [0.2, 0.25) is 0 Å². The molecule has 1 atom stereocenters. The summed E-state index contributed by atoms with van der Waals surface area (Å²) in [7, 11) is 1.12. The fraction of sp³-hybridized carbons (Fsp3) is 0.450. The fourth-order valence-electron chi connectivity index (χ4n) is 2.46. The van der Waals surface area contributed by atoms with Crippen molar-refractivity contribution in [2.75, 3.05) is 25.2 Å². The lowest BCUT2D eigenvalue weighted by molar-refractivity contribution is -0.763. The Morgan fingerprint density at radius 1 is 1.17 bits per heavy atom. The smallest absolute Gasteiger partial charge is 0.375 e. The lowest BCUT2D eigenvalue weighted by Gasteiger charge is -2.16. The second-order valence-electron chi connectivity index (χ2n) is 6.80. The third-order valence-corrected chi connectivity index (χ3v) is 5.12. The van der Waals surface area contributed by atoms with Crippen LogP contribution in [-0.2, 0) is 46.7 Å². The van der Waals surface area contributed by atoms with Gasteiger partial charge >= 0.3 is 23.9 Å². The maximum atomic E-state index is 12.0. The largest absolute Gasteiger partial charge is 0.481 e. The van der Waals surface area contributed by atoms with Crippen LogP contribution in [0, 0.1) is 10.1 Å². The van der Waals surface area contributed by atoms with Crippen molar-refractivity contribution in [3.8, 4) is 0 Å². The predicted molar refractivity (Wildman–Crippen MR) is 120 cm³/mol. The van der Waals surface area contributed by atoms with E-state index in [-0.39, 0.29) is 44.1 Å². The molecule has 2 amide bonds. The number of thioether (sulfide) groups is 1. The number of ketones is 1. The molecule has 0 aliphatic heterocycles. The van der Waals surface area contributed by atoms with Crippen molar-refractivity contribution in [3.63, 3.8) is 0 Å². The maximum absolute atomic E-state index is 12.0. The number of hydrogen-bond acceptors (Lipinski definition) is 11. The number of nitrogens with zero attached hydrogens (tertiary/aromatic N) is 1. The molecule has 15 heteroatoms. The summed E-state index contributed by atoms with van der Waals surface area (Å²) in [5.41, 5.74) is 0.969. The van der Waals surface area contributed by atoms with Crippen molar-refractivity contribution in [1.29, 1.82) is 0 Å². The van der Waals surface area contributed by atoms with Crippen LogP contribution in [0.4, 0.5) is 4.79 Å². The van der Waals surface area contributed by atoms with Crippen LogP contribution in [0.1, 0.15) is 24.0 Å². The van der Waals surface area contributed by atoms with E-state index in [4.69, 9.17) is 9.84 Å². The molecular weight excluding hydrogens is 490 g/mol. The molecule has 0 radical (unpaired) electrons. The molecule has 0 aliphatic carbocycles. The second kappa shape index (κ2) is 15.9. The Kier molecular flexibility index (Phi) is 13.2. The van der Waals surface area contributed by atoms with Gasteiger partial charge in [0.25, 0.3) is 5.09 Å². The van der Waals surface area contributed by atoms with Gasteiger partial charge in [-0.3, -0.25) is 9.59 Å². The van der Waals surface area contributed by atoms with Gasteiger partial charge in [-0.1, -0.05) is 24.3 Å². The van der Waals surface area contributed by atoms with Crippen molar-refractivity contribution < 1.29 is 48.5 Å². The van der Waals surface area contributed by atoms with E-state index in [2.05, 4.69) is 20.2 Å². The summed E-state index contributed by atoms with van der Waals surface area (Å²) < 4.78 is 9.55. The number of nitrogens with one attached hydrogen (secondary N) is 2. The number of esters is 2. The Morgan fingerprint density at radius 3 is 2.49 bits per heavy atom. The first-order valence-electron chi connectivity index (χ1n) is 10.1. The van der Waals surface area contributed by atoms with Crippen LogP contribution in [-0.4, -0.2) is 71.1 Å². The number of amides is 2. The number of rotatable bonds is 16. The van der Waals surface area contributed by atoms with Gasteiger partial charge < -0.3 is 30.1 Å². The van der Waals surface area contributed by atoms with Gasteiger partial charge in [0, 0.05) is 18.7 Å². The first-order valence-corrected chi connectivity index (χ1v) is 11.2. The lowest BCUT2D eigenvalue weighted by Crippen LogP contribution is -2.48. The van der Waals surface area contributed by atoms with Crippen molar-refractivity contribution in [2.45, 2.75) is 32.1 Å². The molecule has 14 nitrogen and oxygen atoms in total. The highest BCUT2D eigenvalue weighted by molar-refractivity contribution is 8.00. The molecule has 35 heavy (non-hydrogen) atoms. The molecule has 0 heterocycles. The van der Waals surface area contributed by atoms with Crippen molar-refractivity contribution in [2.24, 2.45) is 0 Å². The molecule has 0 bridgehead atoms. The number of Topliss-reactive ketones (excluding diaryl/α,β-unsaturated/α-hetero) is 1. The average Bonchev–Trinajstić information content (AvgIpc) is 2.82. The monoisotopic (exact) mass is 515 g/mol. The summed E-state index contributed by atoms with van der Waals surface area (Å²) in [6.07, 6.45) is 0.0736. The maximum Gasteiger partial charge on any atom is 0.375 e. The summed E-state index contributed by atoms with van der Waals surface area (Å²) in [5.74, 6) is -4.16. The molecule has 192 valence electrons. The summed E-state index contributed by atoms with van der Waals surface area (Å²) >= 11 is 0.897. The molecule has 0 saturated heterocycles. The van der Waals surface area contributed by atoms with E-state index in [9.17, 15) is 34.1 Å². The van der Waals surface area contributed by atoms with Gasteiger partial charge in [-0.05, 0) is 17.5 Å². The third-order valence-electron chi connectivity index (χ3n) is 4.09. The highest BCUT2D eigenvalue weighted by atomic mass is 32.2. The van der Waals surface area contributed by atoms with Crippen LogP contribution in [0.15, 0.2) is 24.3 Å². The molecule has 0 aromatic heterocycles. The van der Waals surface area contributed by atoms with Crippen LogP contribution in [0.5, 0.6) is 0 Å². The van der Waals surface area contributed by atoms with E-state index in [1.165, 1.54) is 6.07 Å². The molecule has 1 aromatic rings. The molecule has 0 aliphatic rings. The number of carbonyl (C=O) groups excluding carboxylic acids is 4. The van der Waals surface area contributed by atoms with E-state index in [0.29, 0.717) is 11.1 Å². The Balaban J connectivity index is 2.44. The number of methoxy groups -OCH3 is 1. The van der Waals surface area contributed by atoms with E-state index in [1.54, 1.807) is 18.2 Å². The lowest BCUT2D eigenvalue weighted by atomic mass is 10.1. The van der Waals surface area contributed by atoms with Crippen LogP contribution in [0.3, 0.4) is 0 Å². The van der Waals surface area contributed by atoms with E-state index in [0.717, 1.165) is 18.9 Å². The topological polar surface area (TPSA) is 200 Å². The molecule has 0 unspecified atom stereocenters. The predicted octanol–water partition coefficient (Wildman–Crippen LogP) is 0.446. The number of ether oxygens (including phenoxy) is 2. The second-order valence-corrected chi connectivity index (χ2v) is 7.83. The standard InChI is InChI=1S/C20H25N3O11S/c1-32-18(27)15(22-20(29)21-7-3-6-17(25)26)11-35-12-16(24)19(28)33-9-13-4-2-5-14(8-13)10-34-23(30)31/h2,4-5,8,15H,3,6-7,9-12H2,1H3,(H,25,26)(H2,21,22,29)/t15-/m0/s1. The van der Waals surface area contributed by atoms with Crippen LogP contribution in [0.25, 0.3) is 0 Å². The highest BCUT2D eigenvalue weighted by Crippen LogP contribution is 2.10. The van der Waals surface area contributed by atoms with Gasteiger partial charge in [0.1, 0.15) is 19.3 Å². The van der Waals surface area contributed by atoms with Crippen molar-refractivity contribution in [1.82, 2.24) is 10.6 Å². The third kappa shape index (κ3) is 12.8. The normalized spacial score (nSPS) is 11.0. The number of carbonyl (C=O) groups is 5.